The highest BCUT2D eigenvalue weighted by Gasteiger charge is 2.56. The fourth-order valence-corrected chi connectivity index (χ4v) is 3.58. The summed E-state index contributed by atoms with van der Waals surface area (Å²) >= 11 is 12.1. The second kappa shape index (κ2) is 6.33. The summed E-state index contributed by atoms with van der Waals surface area (Å²) in [5.41, 5.74) is 0.754. The molecule has 27 heavy (non-hydrogen) atoms. The van der Waals surface area contributed by atoms with Gasteiger partial charge in [0.25, 0.3) is 11.6 Å². The molecule has 10 heteroatoms. The fourth-order valence-electron chi connectivity index (χ4n) is 3.08. The van der Waals surface area contributed by atoms with Crippen LogP contribution in [0.2, 0.25) is 10.0 Å². The highest BCUT2D eigenvalue weighted by atomic mass is 35.5. The number of hydrogen-bond donors (Lipinski definition) is 0. The van der Waals surface area contributed by atoms with E-state index in [1.807, 2.05) is 0 Å². The Morgan fingerprint density at radius 2 is 1.78 bits per heavy atom. The van der Waals surface area contributed by atoms with E-state index in [2.05, 4.69) is 5.16 Å². The summed E-state index contributed by atoms with van der Waals surface area (Å²) in [5, 5.41) is 15.4. The van der Waals surface area contributed by atoms with Crippen LogP contribution in [-0.2, 0) is 14.4 Å². The average molecular weight is 406 g/mol. The number of halogens is 2. The van der Waals surface area contributed by atoms with Crippen molar-refractivity contribution in [2.75, 3.05) is 4.90 Å². The third kappa shape index (κ3) is 2.73. The molecule has 0 spiro atoms. The van der Waals surface area contributed by atoms with E-state index in [0.717, 1.165) is 4.90 Å². The zero-order chi connectivity index (χ0) is 19.3. The van der Waals surface area contributed by atoms with Crippen molar-refractivity contribution < 1.29 is 19.3 Å². The van der Waals surface area contributed by atoms with Gasteiger partial charge in [-0.2, -0.15) is 0 Å². The first-order valence-electron chi connectivity index (χ1n) is 7.70. The van der Waals surface area contributed by atoms with E-state index in [4.69, 9.17) is 28.0 Å². The van der Waals surface area contributed by atoms with Crippen molar-refractivity contribution >= 4 is 52.1 Å². The summed E-state index contributed by atoms with van der Waals surface area (Å²) in [6, 6.07) is 9.80. The number of amides is 2. The first-order valence-corrected chi connectivity index (χ1v) is 8.45. The number of imide groups is 1. The van der Waals surface area contributed by atoms with Crippen molar-refractivity contribution in [3.05, 3.63) is 68.2 Å². The standard InChI is InChI=1S/C17H9Cl2N3O5/c18-8-1-6-11(12(19)7-8)14-13-15(27-20-14)17(24)21(16(13)23)9-2-4-10(5-3-9)22(25)26/h1-7,13,15H/t13-,15+/m0/s1. The predicted octanol–water partition coefficient (Wildman–Crippen LogP) is 3.19. The monoisotopic (exact) mass is 405 g/mol. The lowest BCUT2D eigenvalue weighted by Crippen LogP contribution is -2.33. The maximum atomic E-state index is 12.9. The van der Waals surface area contributed by atoms with E-state index in [-0.39, 0.29) is 22.1 Å². The molecule has 2 aliphatic rings. The van der Waals surface area contributed by atoms with E-state index in [1.165, 1.54) is 30.3 Å². The third-order valence-electron chi connectivity index (χ3n) is 4.34. The Morgan fingerprint density at radius 3 is 2.41 bits per heavy atom. The van der Waals surface area contributed by atoms with Gasteiger partial charge in [-0.15, -0.1) is 0 Å². The number of nitro benzene ring substituents is 1. The number of oxime groups is 1. The van der Waals surface area contributed by atoms with Crippen LogP contribution in [0.3, 0.4) is 0 Å². The van der Waals surface area contributed by atoms with Crippen LogP contribution in [0.5, 0.6) is 0 Å². The van der Waals surface area contributed by atoms with Crippen LogP contribution in [0, 0.1) is 16.0 Å². The smallest absolute Gasteiger partial charge is 0.278 e. The number of nitrogens with zero attached hydrogens (tertiary/aromatic N) is 3. The molecule has 2 heterocycles. The number of carbonyl (C=O) groups is 2. The van der Waals surface area contributed by atoms with Crippen LogP contribution < -0.4 is 4.90 Å². The largest absolute Gasteiger partial charge is 0.381 e. The van der Waals surface area contributed by atoms with Gasteiger partial charge in [0, 0.05) is 22.7 Å². The molecule has 8 nitrogen and oxygen atoms in total. The maximum absolute atomic E-state index is 12.9. The first-order chi connectivity index (χ1) is 12.9. The van der Waals surface area contributed by atoms with Crippen LogP contribution >= 0.6 is 23.2 Å². The lowest BCUT2D eigenvalue weighted by atomic mass is 9.94. The molecular formula is C17H9Cl2N3O5. The molecule has 2 atom stereocenters. The molecule has 0 aromatic heterocycles. The molecule has 2 amide bonds. The topological polar surface area (TPSA) is 102 Å². The van der Waals surface area contributed by atoms with Crippen molar-refractivity contribution in [1.29, 1.82) is 0 Å². The Balaban J connectivity index is 1.69. The van der Waals surface area contributed by atoms with Crippen molar-refractivity contribution in [1.82, 2.24) is 0 Å². The maximum Gasteiger partial charge on any atom is 0.278 e. The van der Waals surface area contributed by atoms with Gasteiger partial charge in [-0.25, -0.2) is 4.90 Å². The van der Waals surface area contributed by atoms with Gasteiger partial charge < -0.3 is 4.84 Å². The Hall–Kier alpha value is -2.97. The molecule has 136 valence electrons. The van der Waals surface area contributed by atoms with Gasteiger partial charge in [0.2, 0.25) is 12.0 Å². The molecular weight excluding hydrogens is 397 g/mol. The number of carbonyl (C=O) groups excluding carboxylic acids is 2. The molecule has 1 fully saturated rings. The van der Waals surface area contributed by atoms with Gasteiger partial charge in [-0.1, -0.05) is 34.4 Å². The summed E-state index contributed by atoms with van der Waals surface area (Å²) < 4.78 is 0. The van der Waals surface area contributed by atoms with Crippen molar-refractivity contribution in [3.8, 4) is 0 Å². The molecule has 4 rings (SSSR count). The van der Waals surface area contributed by atoms with Crippen molar-refractivity contribution in [2.24, 2.45) is 11.1 Å². The Kier molecular flexibility index (Phi) is 4.09. The van der Waals surface area contributed by atoms with Gasteiger partial charge in [-0.05, 0) is 24.3 Å². The molecule has 0 radical (unpaired) electrons. The molecule has 2 aromatic carbocycles. The SMILES string of the molecule is O=C1[C@H]2C(c3ccc(Cl)cc3Cl)=NO[C@H]2C(=O)N1c1ccc([N+](=O)[O-])cc1. The number of non-ortho nitro benzene ring substituents is 1. The molecule has 0 bridgehead atoms. The number of hydrogen-bond acceptors (Lipinski definition) is 6. The quantitative estimate of drug-likeness (QED) is 0.443. The number of fused-ring (bicyclic) bond motifs is 1. The molecule has 1 saturated heterocycles. The number of nitro groups is 1. The highest BCUT2D eigenvalue weighted by molar-refractivity contribution is 6.39. The third-order valence-corrected chi connectivity index (χ3v) is 4.89. The van der Waals surface area contributed by atoms with E-state index >= 15 is 0 Å². The second-order valence-corrected chi connectivity index (χ2v) is 6.73. The molecule has 0 unspecified atom stereocenters. The summed E-state index contributed by atoms with van der Waals surface area (Å²) in [6.45, 7) is 0. The minimum absolute atomic E-state index is 0.149. The lowest BCUT2D eigenvalue weighted by molar-refractivity contribution is -0.384. The molecule has 2 aliphatic heterocycles. The number of anilines is 1. The molecule has 0 saturated carbocycles. The zero-order valence-corrected chi connectivity index (χ0v) is 14.8. The zero-order valence-electron chi connectivity index (χ0n) is 13.3. The summed E-state index contributed by atoms with van der Waals surface area (Å²) in [7, 11) is 0. The summed E-state index contributed by atoms with van der Waals surface area (Å²) in [6.07, 6.45) is -1.10. The number of rotatable bonds is 3. The average Bonchev–Trinajstić information content (AvgIpc) is 3.16. The fraction of sp³-hybridized carbons (Fsp3) is 0.118. The van der Waals surface area contributed by atoms with E-state index in [0.29, 0.717) is 10.6 Å². The van der Waals surface area contributed by atoms with Gasteiger partial charge in [0.15, 0.2) is 0 Å². The Morgan fingerprint density at radius 1 is 1.07 bits per heavy atom. The molecule has 0 N–H and O–H groups in total. The predicted molar refractivity (Wildman–Crippen MR) is 97.0 cm³/mol. The summed E-state index contributed by atoms with van der Waals surface area (Å²) in [4.78, 5) is 41.9. The second-order valence-electron chi connectivity index (χ2n) is 5.89. The minimum atomic E-state index is -1.10. The Labute approximate surface area is 162 Å². The van der Waals surface area contributed by atoms with E-state index < -0.39 is 28.8 Å². The molecule has 0 aliphatic carbocycles. The van der Waals surface area contributed by atoms with E-state index in [9.17, 15) is 19.7 Å². The van der Waals surface area contributed by atoms with Gasteiger partial charge in [-0.3, -0.25) is 19.7 Å². The van der Waals surface area contributed by atoms with Crippen LogP contribution in [0.15, 0.2) is 47.6 Å². The van der Waals surface area contributed by atoms with Gasteiger partial charge in [0.05, 0.1) is 15.6 Å². The van der Waals surface area contributed by atoms with Crippen LogP contribution in [0.25, 0.3) is 0 Å². The van der Waals surface area contributed by atoms with Gasteiger partial charge >= 0.3 is 0 Å². The Bertz CT molecular complexity index is 1020. The van der Waals surface area contributed by atoms with Gasteiger partial charge in [0.1, 0.15) is 11.6 Å². The van der Waals surface area contributed by atoms with Crippen LogP contribution in [0.1, 0.15) is 5.56 Å². The van der Waals surface area contributed by atoms with Crippen molar-refractivity contribution in [3.63, 3.8) is 0 Å². The first kappa shape index (κ1) is 17.4. The van der Waals surface area contributed by atoms with E-state index in [1.54, 1.807) is 12.1 Å². The van der Waals surface area contributed by atoms with Crippen LogP contribution in [0.4, 0.5) is 11.4 Å². The lowest BCUT2D eigenvalue weighted by Gasteiger charge is -2.15. The number of benzene rings is 2. The summed E-state index contributed by atoms with van der Waals surface area (Å²) in [5.74, 6) is -2.09. The minimum Gasteiger partial charge on any atom is -0.381 e. The highest BCUT2D eigenvalue weighted by Crippen LogP contribution is 2.37. The normalized spacial score (nSPS) is 21.1. The van der Waals surface area contributed by atoms with Crippen molar-refractivity contribution in [2.45, 2.75) is 6.10 Å². The van der Waals surface area contributed by atoms with Crippen LogP contribution in [-0.4, -0.2) is 28.6 Å². The molecule has 2 aromatic rings.